The van der Waals surface area contributed by atoms with E-state index in [4.69, 9.17) is 0 Å². The lowest BCUT2D eigenvalue weighted by Crippen LogP contribution is -2.54. The van der Waals surface area contributed by atoms with Gasteiger partial charge < -0.3 is 21.1 Å². The average molecular weight is 286 g/mol. The van der Waals surface area contributed by atoms with Crippen LogP contribution >= 0.6 is 12.4 Å². The van der Waals surface area contributed by atoms with Gasteiger partial charge >= 0.3 is 6.03 Å². The Hall–Kier alpha value is -1.30. The maximum atomic E-state index is 11.8. The van der Waals surface area contributed by atoms with Crippen molar-refractivity contribution in [2.45, 2.75) is 25.5 Å². The summed E-state index contributed by atoms with van der Waals surface area (Å²) in [6, 6.07) is 7.06. The van der Waals surface area contributed by atoms with Gasteiger partial charge in [-0.25, -0.2) is 4.79 Å². The molecule has 0 aromatic heterocycles. The topological polar surface area (TPSA) is 73.4 Å². The van der Waals surface area contributed by atoms with Crippen LogP contribution in [0.2, 0.25) is 0 Å². The molecule has 0 aliphatic carbocycles. The Labute approximate surface area is 119 Å². The fourth-order valence-corrected chi connectivity index (χ4v) is 1.96. The number of rotatable bonds is 2. The summed E-state index contributed by atoms with van der Waals surface area (Å²) < 4.78 is 0. The van der Waals surface area contributed by atoms with Gasteiger partial charge in [0.15, 0.2) is 0 Å². The molecule has 1 heterocycles. The smallest absolute Gasteiger partial charge is 0.319 e. The Bertz CT molecular complexity index is 411. The SMILES string of the molecule is Cc1ccc(NC(=O)N[C@@H]2CNCC[C@H]2O)cc1.Cl. The van der Waals surface area contributed by atoms with Gasteiger partial charge in [0.05, 0.1) is 12.1 Å². The van der Waals surface area contributed by atoms with E-state index in [1.165, 1.54) is 0 Å². The minimum Gasteiger partial charge on any atom is -0.391 e. The molecule has 106 valence electrons. The molecule has 0 saturated carbocycles. The van der Waals surface area contributed by atoms with Crippen LogP contribution in [-0.2, 0) is 0 Å². The third-order valence-corrected chi connectivity index (χ3v) is 3.07. The summed E-state index contributed by atoms with van der Waals surface area (Å²) in [5.41, 5.74) is 1.89. The van der Waals surface area contributed by atoms with Crippen LogP contribution in [0, 0.1) is 6.92 Å². The second-order valence-electron chi connectivity index (χ2n) is 4.63. The van der Waals surface area contributed by atoms with E-state index in [2.05, 4.69) is 16.0 Å². The lowest BCUT2D eigenvalue weighted by atomic mass is 10.0. The fraction of sp³-hybridized carbons (Fsp3) is 0.462. The number of nitrogens with one attached hydrogen (secondary N) is 3. The van der Waals surface area contributed by atoms with Crippen LogP contribution in [0.15, 0.2) is 24.3 Å². The first-order chi connectivity index (χ1) is 8.65. The van der Waals surface area contributed by atoms with Crippen molar-refractivity contribution in [3.63, 3.8) is 0 Å². The summed E-state index contributed by atoms with van der Waals surface area (Å²) in [6.45, 7) is 3.38. The number of urea groups is 1. The first-order valence-electron chi connectivity index (χ1n) is 6.18. The summed E-state index contributed by atoms with van der Waals surface area (Å²) in [5.74, 6) is 0. The van der Waals surface area contributed by atoms with Crippen LogP contribution in [0.25, 0.3) is 0 Å². The maximum Gasteiger partial charge on any atom is 0.319 e. The summed E-state index contributed by atoms with van der Waals surface area (Å²) in [6.07, 6.45) is 0.185. The number of hydrogen-bond acceptors (Lipinski definition) is 3. The molecule has 6 heteroatoms. The molecule has 2 rings (SSSR count). The van der Waals surface area contributed by atoms with Gasteiger partial charge in [-0.05, 0) is 32.0 Å². The van der Waals surface area contributed by atoms with Gasteiger partial charge in [0, 0.05) is 12.2 Å². The predicted octanol–water partition coefficient (Wildman–Crippen LogP) is 1.26. The van der Waals surface area contributed by atoms with Crippen LogP contribution in [0.5, 0.6) is 0 Å². The first-order valence-corrected chi connectivity index (χ1v) is 6.18. The van der Waals surface area contributed by atoms with Gasteiger partial charge in [-0.1, -0.05) is 17.7 Å². The molecule has 1 aromatic carbocycles. The quantitative estimate of drug-likeness (QED) is 0.661. The number of aryl methyl sites for hydroxylation is 1. The molecule has 0 unspecified atom stereocenters. The van der Waals surface area contributed by atoms with Crippen molar-refractivity contribution in [3.8, 4) is 0 Å². The highest BCUT2D eigenvalue weighted by Crippen LogP contribution is 2.09. The zero-order valence-corrected chi connectivity index (χ0v) is 11.7. The van der Waals surface area contributed by atoms with E-state index in [0.29, 0.717) is 13.0 Å². The van der Waals surface area contributed by atoms with Crippen molar-refractivity contribution in [1.29, 1.82) is 0 Å². The molecule has 1 saturated heterocycles. The number of anilines is 1. The lowest BCUT2D eigenvalue weighted by molar-refractivity contribution is 0.103. The number of piperidine rings is 1. The largest absolute Gasteiger partial charge is 0.391 e. The van der Waals surface area contributed by atoms with Crippen molar-refractivity contribution in [2.75, 3.05) is 18.4 Å². The van der Waals surface area contributed by atoms with Crippen molar-refractivity contribution < 1.29 is 9.90 Å². The molecular formula is C13H20ClN3O2. The van der Waals surface area contributed by atoms with Gasteiger partial charge in [0.2, 0.25) is 0 Å². The first kappa shape index (κ1) is 15.8. The minimum absolute atomic E-state index is 0. The highest BCUT2D eigenvalue weighted by atomic mass is 35.5. The van der Waals surface area contributed by atoms with Crippen molar-refractivity contribution in [3.05, 3.63) is 29.8 Å². The lowest BCUT2D eigenvalue weighted by Gasteiger charge is -2.29. The molecule has 5 nitrogen and oxygen atoms in total. The highest BCUT2D eigenvalue weighted by molar-refractivity contribution is 5.89. The van der Waals surface area contributed by atoms with E-state index in [9.17, 15) is 9.90 Å². The molecular weight excluding hydrogens is 266 g/mol. The highest BCUT2D eigenvalue weighted by Gasteiger charge is 2.24. The van der Waals surface area contributed by atoms with Crippen LogP contribution in [0.1, 0.15) is 12.0 Å². The summed E-state index contributed by atoms with van der Waals surface area (Å²) in [5, 5.41) is 18.4. The van der Waals surface area contributed by atoms with Crippen molar-refractivity contribution in [1.82, 2.24) is 10.6 Å². The molecule has 4 N–H and O–H groups in total. The predicted molar refractivity (Wildman–Crippen MR) is 77.9 cm³/mol. The molecule has 1 aliphatic rings. The summed E-state index contributed by atoms with van der Waals surface area (Å²) in [7, 11) is 0. The van der Waals surface area contributed by atoms with E-state index in [1.807, 2.05) is 31.2 Å². The normalized spacial score (nSPS) is 22.2. The van der Waals surface area contributed by atoms with Gasteiger partial charge in [-0.15, -0.1) is 12.4 Å². The van der Waals surface area contributed by atoms with E-state index in [1.54, 1.807) is 0 Å². The van der Waals surface area contributed by atoms with Crippen molar-refractivity contribution >= 4 is 24.1 Å². The monoisotopic (exact) mass is 285 g/mol. The molecule has 2 atom stereocenters. The van der Waals surface area contributed by atoms with E-state index >= 15 is 0 Å². The molecule has 19 heavy (non-hydrogen) atoms. The number of halogens is 1. The number of carbonyl (C=O) groups excluding carboxylic acids is 1. The second-order valence-corrected chi connectivity index (χ2v) is 4.63. The van der Waals surface area contributed by atoms with E-state index < -0.39 is 6.10 Å². The van der Waals surface area contributed by atoms with Crippen LogP contribution in [0.4, 0.5) is 10.5 Å². The van der Waals surface area contributed by atoms with Crippen LogP contribution in [-0.4, -0.2) is 36.4 Å². The third kappa shape index (κ3) is 4.70. The maximum absolute atomic E-state index is 11.8. The number of aliphatic hydroxyl groups is 1. The van der Waals surface area contributed by atoms with Crippen molar-refractivity contribution in [2.24, 2.45) is 0 Å². The van der Waals surface area contributed by atoms with Crippen LogP contribution in [0.3, 0.4) is 0 Å². The Morgan fingerprint density at radius 2 is 2.05 bits per heavy atom. The molecule has 2 amide bonds. The Morgan fingerprint density at radius 1 is 1.37 bits per heavy atom. The van der Waals surface area contributed by atoms with Gasteiger partial charge in [0.1, 0.15) is 0 Å². The number of hydrogen-bond donors (Lipinski definition) is 4. The number of carbonyl (C=O) groups is 1. The van der Waals surface area contributed by atoms with E-state index in [-0.39, 0.29) is 24.5 Å². The molecule has 1 aliphatic heterocycles. The van der Waals surface area contributed by atoms with Gasteiger partial charge in [-0.2, -0.15) is 0 Å². The number of benzene rings is 1. The molecule has 1 fully saturated rings. The Morgan fingerprint density at radius 3 is 2.68 bits per heavy atom. The Kier molecular flexibility index (Phi) is 6.08. The van der Waals surface area contributed by atoms with Crippen LogP contribution < -0.4 is 16.0 Å². The zero-order valence-electron chi connectivity index (χ0n) is 10.8. The molecule has 0 radical (unpaired) electrons. The number of aliphatic hydroxyl groups excluding tert-OH is 1. The zero-order chi connectivity index (χ0) is 13.0. The Balaban J connectivity index is 0.00000180. The van der Waals surface area contributed by atoms with Gasteiger partial charge in [-0.3, -0.25) is 0 Å². The minimum atomic E-state index is -0.477. The van der Waals surface area contributed by atoms with E-state index in [0.717, 1.165) is 17.8 Å². The molecule has 0 spiro atoms. The molecule has 0 bridgehead atoms. The summed E-state index contributed by atoms with van der Waals surface area (Å²) >= 11 is 0. The molecule has 1 aromatic rings. The van der Waals surface area contributed by atoms with Gasteiger partial charge in [0.25, 0.3) is 0 Å². The fourth-order valence-electron chi connectivity index (χ4n) is 1.96. The standard InChI is InChI=1S/C13H19N3O2.ClH/c1-9-2-4-10(5-3-9)15-13(18)16-11-8-14-7-6-12(11)17;/h2-5,11-12,14,17H,6-8H2,1H3,(H2,15,16,18);1H/t11-,12-;/m1./s1. The summed E-state index contributed by atoms with van der Waals surface area (Å²) in [4.78, 5) is 11.8. The average Bonchev–Trinajstić information content (AvgIpc) is 2.35. The second kappa shape index (κ2) is 7.33. The number of amides is 2. The third-order valence-electron chi connectivity index (χ3n) is 3.07.